The zero-order chi connectivity index (χ0) is 20.4. The Hall–Kier alpha value is -1.84. The highest BCUT2D eigenvalue weighted by Gasteiger charge is 2.36. The van der Waals surface area contributed by atoms with Crippen molar-refractivity contribution in [2.75, 3.05) is 13.2 Å². The molecule has 0 bridgehead atoms. The summed E-state index contributed by atoms with van der Waals surface area (Å²) < 4.78 is 6.15. The van der Waals surface area contributed by atoms with Gasteiger partial charge in [0.25, 0.3) is 0 Å². The van der Waals surface area contributed by atoms with Crippen LogP contribution in [-0.4, -0.2) is 23.9 Å². The maximum atomic E-state index is 9.55. The number of hydrogen-bond donors (Lipinski definition) is 2. The van der Waals surface area contributed by atoms with E-state index in [0.29, 0.717) is 17.8 Å². The van der Waals surface area contributed by atoms with Gasteiger partial charge in [0.2, 0.25) is 0 Å². The molecule has 1 unspecified atom stereocenters. The van der Waals surface area contributed by atoms with E-state index in [-0.39, 0.29) is 12.1 Å². The Morgan fingerprint density at radius 3 is 2.76 bits per heavy atom. The maximum absolute atomic E-state index is 9.55. The summed E-state index contributed by atoms with van der Waals surface area (Å²) in [5, 5.41) is 9.55. The third-order valence-corrected chi connectivity index (χ3v) is 7.00. The molecule has 0 saturated heterocycles. The number of benzene rings is 2. The van der Waals surface area contributed by atoms with E-state index in [1.54, 1.807) is 0 Å². The molecule has 0 aromatic heterocycles. The summed E-state index contributed by atoms with van der Waals surface area (Å²) in [6.07, 6.45) is 6.31. The van der Waals surface area contributed by atoms with Gasteiger partial charge in [0.1, 0.15) is 5.75 Å². The summed E-state index contributed by atoms with van der Waals surface area (Å²) in [7, 11) is 0. The molecule has 2 aromatic carbocycles. The van der Waals surface area contributed by atoms with Crippen molar-refractivity contribution < 1.29 is 9.84 Å². The molecule has 4 rings (SSSR count). The molecule has 0 spiro atoms. The lowest BCUT2D eigenvalue weighted by atomic mass is 9.82. The van der Waals surface area contributed by atoms with Crippen LogP contribution in [0.5, 0.6) is 5.75 Å². The average Bonchev–Trinajstić information content (AvgIpc) is 3.15. The minimum absolute atomic E-state index is 0.0934. The lowest BCUT2D eigenvalue weighted by Gasteiger charge is -2.26. The fraction of sp³-hybridized carbons (Fsp3) is 0.538. The second-order valence-electron chi connectivity index (χ2n) is 9.64. The van der Waals surface area contributed by atoms with E-state index in [4.69, 9.17) is 10.5 Å². The number of aliphatic hydroxyl groups excluding tert-OH is 1. The van der Waals surface area contributed by atoms with Crippen LogP contribution in [0.1, 0.15) is 73.6 Å². The van der Waals surface area contributed by atoms with Crippen LogP contribution in [-0.2, 0) is 12.8 Å². The Balaban J connectivity index is 1.36. The van der Waals surface area contributed by atoms with Crippen LogP contribution in [0.15, 0.2) is 42.5 Å². The van der Waals surface area contributed by atoms with Gasteiger partial charge in [-0.15, -0.1) is 0 Å². The van der Waals surface area contributed by atoms with Crippen LogP contribution in [0.2, 0.25) is 0 Å². The van der Waals surface area contributed by atoms with Crippen LogP contribution in [0.4, 0.5) is 0 Å². The minimum Gasteiger partial charge on any atom is -0.493 e. The van der Waals surface area contributed by atoms with Gasteiger partial charge < -0.3 is 15.6 Å². The number of fused-ring (bicyclic) bond motifs is 1. The van der Waals surface area contributed by atoms with Gasteiger partial charge in [-0.1, -0.05) is 44.2 Å². The van der Waals surface area contributed by atoms with Crippen LogP contribution < -0.4 is 10.5 Å². The number of hydrogen-bond acceptors (Lipinski definition) is 3. The molecular weight excluding hydrogens is 358 g/mol. The largest absolute Gasteiger partial charge is 0.493 e. The highest BCUT2D eigenvalue weighted by Crippen LogP contribution is 2.40. The first-order valence-corrected chi connectivity index (χ1v) is 11.2. The molecule has 2 aliphatic carbocycles. The van der Waals surface area contributed by atoms with Crippen LogP contribution in [0, 0.1) is 5.92 Å². The molecule has 2 aromatic rings. The van der Waals surface area contributed by atoms with Crippen molar-refractivity contribution in [3.8, 4) is 5.75 Å². The van der Waals surface area contributed by atoms with Crippen molar-refractivity contribution in [1.29, 1.82) is 0 Å². The Bertz CT molecular complexity index is 846. The normalized spacial score (nSPS) is 26.5. The maximum Gasteiger partial charge on any atom is 0.119 e. The van der Waals surface area contributed by atoms with E-state index in [0.717, 1.165) is 44.5 Å². The minimum atomic E-state index is -0.379. The van der Waals surface area contributed by atoms with Crippen molar-refractivity contribution >= 4 is 0 Å². The number of rotatable bonds is 6. The number of ether oxygens (including phenoxy) is 1. The van der Waals surface area contributed by atoms with Gasteiger partial charge >= 0.3 is 0 Å². The van der Waals surface area contributed by atoms with Crippen LogP contribution in [0.3, 0.4) is 0 Å². The molecule has 0 heterocycles. The van der Waals surface area contributed by atoms with Gasteiger partial charge in [-0.2, -0.15) is 0 Å². The monoisotopic (exact) mass is 393 g/mol. The number of aliphatic hydroxyl groups is 1. The molecule has 1 saturated carbocycles. The Labute approximate surface area is 175 Å². The van der Waals surface area contributed by atoms with E-state index >= 15 is 0 Å². The first-order chi connectivity index (χ1) is 14.0. The van der Waals surface area contributed by atoms with Gasteiger partial charge in [-0.3, -0.25) is 0 Å². The van der Waals surface area contributed by atoms with Gasteiger partial charge in [-0.05, 0) is 90.7 Å². The quantitative estimate of drug-likeness (QED) is 0.730. The van der Waals surface area contributed by atoms with Crippen LogP contribution in [0.25, 0.3) is 0 Å². The van der Waals surface area contributed by atoms with Gasteiger partial charge in [-0.25, -0.2) is 0 Å². The van der Waals surface area contributed by atoms with Crippen molar-refractivity contribution in [2.45, 2.75) is 69.7 Å². The SMILES string of the molecule is CC(C)c1cccc(OCC2CCc3cc([C@H]4CC[C@](N)(CO)C4)ccc3C2)c1. The van der Waals surface area contributed by atoms with E-state index in [9.17, 15) is 5.11 Å². The summed E-state index contributed by atoms with van der Waals surface area (Å²) in [4.78, 5) is 0. The lowest BCUT2D eigenvalue weighted by molar-refractivity contribution is 0.198. The van der Waals surface area contributed by atoms with Gasteiger partial charge in [0, 0.05) is 5.54 Å². The number of aryl methyl sites for hydroxylation is 1. The third-order valence-electron chi connectivity index (χ3n) is 7.00. The van der Waals surface area contributed by atoms with E-state index in [2.05, 4.69) is 56.3 Å². The third kappa shape index (κ3) is 4.67. The smallest absolute Gasteiger partial charge is 0.119 e. The first-order valence-electron chi connectivity index (χ1n) is 11.2. The average molecular weight is 394 g/mol. The second-order valence-corrected chi connectivity index (χ2v) is 9.64. The summed E-state index contributed by atoms with van der Waals surface area (Å²) in [6.45, 7) is 5.32. The Kier molecular flexibility index (Phi) is 5.98. The van der Waals surface area contributed by atoms with Crippen LogP contribution >= 0.6 is 0 Å². The molecule has 0 aliphatic heterocycles. The second kappa shape index (κ2) is 8.49. The zero-order valence-electron chi connectivity index (χ0n) is 17.9. The van der Waals surface area contributed by atoms with Crippen molar-refractivity contribution in [1.82, 2.24) is 0 Å². The Morgan fingerprint density at radius 1 is 1.14 bits per heavy atom. The summed E-state index contributed by atoms with van der Waals surface area (Å²) in [5.41, 5.74) is 11.6. The van der Waals surface area contributed by atoms with Gasteiger partial charge in [0.05, 0.1) is 13.2 Å². The predicted molar refractivity (Wildman–Crippen MR) is 119 cm³/mol. The molecule has 0 amide bonds. The van der Waals surface area contributed by atoms with E-state index in [1.165, 1.54) is 28.7 Å². The highest BCUT2D eigenvalue weighted by atomic mass is 16.5. The van der Waals surface area contributed by atoms with Crippen molar-refractivity contribution in [3.63, 3.8) is 0 Å². The predicted octanol–water partition coefficient (Wildman–Crippen LogP) is 4.95. The molecule has 3 nitrogen and oxygen atoms in total. The number of nitrogens with two attached hydrogens (primary N) is 1. The highest BCUT2D eigenvalue weighted by molar-refractivity contribution is 5.37. The molecular formula is C26H35NO2. The van der Waals surface area contributed by atoms with Gasteiger partial charge in [0.15, 0.2) is 0 Å². The molecule has 3 N–H and O–H groups in total. The first kappa shape index (κ1) is 20.4. The topological polar surface area (TPSA) is 55.5 Å². The van der Waals surface area contributed by atoms with Crippen molar-refractivity contribution in [2.24, 2.45) is 11.7 Å². The lowest BCUT2D eigenvalue weighted by Crippen LogP contribution is -2.40. The molecule has 156 valence electrons. The molecule has 0 radical (unpaired) electrons. The van der Waals surface area contributed by atoms with E-state index < -0.39 is 0 Å². The summed E-state index contributed by atoms with van der Waals surface area (Å²) in [5.74, 6) is 2.59. The van der Waals surface area contributed by atoms with Crippen molar-refractivity contribution in [3.05, 3.63) is 64.7 Å². The fourth-order valence-corrected chi connectivity index (χ4v) is 5.01. The zero-order valence-corrected chi connectivity index (χ0v) is 17.9. The molecule has 3 heteroatoms. The standard InChI is InChI=1S/C26H35NO2/c1-18(2)20-4-3-5-25(14-20)29-16-19-6-7-22-13-23(9-8-21(22)12-19)24-10-11-26(27,15-24)17-28/h3-5,8-9,13-14,18-19,24,28H,6-7,10-12,15-17,27H2,1-2H3/t19?,24-,26+/m0/s1. The fourth-order valence-electron chi connectivity index (χ4n) is 5.01. The molecule has 2 aliphatic rings. The van der Waals surface area contributed by atoms with E-state index in [1.807, 2.05) is 0 Å². The summed E-state index contributed by atoms with van der Waals surface area (Å²) >= 11 is 0. The summed E-state index contributed by atoms with van der Waals surface area (Å²) in [6, 6.07) is 15.5. The molecule has 3 atom stereocenters. The molecule has 29 heavy (non-hydrogen) atoms. The molecule has 1 fully saturated rings. The Morgan fingerprint density at radius 2 is 2.00 bits per heavy atom.